The molecule has 0 bridgehead atoms. The van der Waals surface area contributed by atoms with Gasteiger partial charge < -0.3 is 4.90 Å². The van der Waals surface area contributed by atoms with E-state index in [1.807, 2.05) is 18.3 Å². The molecule has 224 valence electrons. The van der Waals surface area contributed by atoms with Gasteiger partial charge in [-0.05, 0) is 99.4 Å². The van der Waals surface area contributed by atoms with Gasteiger partial charge in [-0.3, -0.25) is 20.2 Å². The maximum atomic E-state index is 13.2. The van der Waals surface area contributed by atoms with E-state index in [1.54, 1.807) is 29.6 Å². The van der Waals surface area contributed by atoms with Crippen LogP contribution in [-0.4, -0.2) is 40.0 Å². The number of pyridine rings is 2. The minimum absolute atomic E-state index is 0.199. The van der Waals surface area contributed by atoms with Crippen LogP contribution in [0.3, 0.4) is 0 Å². The summed E-state index contributed by atoms with van der Waals surface area (Å²) in [6.45, 7) is 2.17. The minimum Gasteiger partial charge on any atom is -0.357 e. The van der Waals surface area contributed by atoms with Crippen LogP contribution in [0.25, 0.3) is 16.7 Å². The molecule has 3 aromatic rings. The van der Waals surface area contributed by atoms with Crippen LogP contribution in [-0.2, 0) is 10.2 Å². The molecule has 1 aliphatic carbocycles. The topological polar surface area (TPSA) is 85.2 Å². The lowest BCUT2D eigenvalue weighted by molar-refractivity contribution is -0.120. The van der Waals surface area contributed by atoms with Gasteiger partial charge in [-0.1, -0.05) is 49.3 Å². The summed E-state index contributed by atoms with van der Waals surface area (Å²) in [7, 11) is 0. The van der Waals surface area contributed by atoms with E-state index in [0.29, 0.717) is 11.3 Å². The summed E-state index contributed by atoms with van der Waals surface area (Å²) < 4.78 is 1.60. The number of benzene rings is 1. The number of nitriles is 1. The Balaban J connectivity index is 1.14. The van der Waals surface area contributed by atoms with Gasteiger partial charge in [0.25, 0.3) is 5.91 Å². The first-order valence-corrected chi connectivity index (χ1v) is 16.7. The highest BCUT2D eigenvalue weighted by Crippen LogP contribution is 2.43. The summed E-state index contributed by atoms with van der Waals surface area (Å²) in [4.78, 5) is 24.8. The van der Waals surface area contributed by atoms with Crippen molar-refractivity contribution in [2.75, 3.05) is 18.0 Å². The van der Waals surface area contributed by atoms with Crippen molar-refractivity contribution in [3.05, 3.63) is 106 Å². The van der Waals surface area contributed by atoms with Crippen molar-refractivity contribution in [3.8, 4) is 17.2 Å². The number of nitrogens with zero attached hydrogens (tertiary/aromatic N) is 5. The number of hydrogen-bond acceptors (Lipinski definition) is 6. The predicted molar refractivity (Wildman–Crippen MR) is 181 cm³/mol. The number of nitrogens with one attached hydrogen (secondary N) is 1. The molecule has 1 saturated heterocycles. The second kappa shape index (κ2) is 13.5. The molecule has 1 N–H and O–H groups in total. The number of amides is 1. The Labute approximate surface area is 275 Å². The quantitative estimate of drug-likeness (QED) is 0.251. The molecule has 2 aliphatic heterocycles. The van der Waals surface area contributed by atoms with Crippen molar-refractivity contribution in [1.82, 2.24) is 20.4 Å². The summed E-state index contributed by atoms with van der Waals surface area (Å²) >= 11 is 6.97. The fourth-order valence-electron chi connectivity index (χ4n) is 6.45. The van der Waals surface area contributed by atoms with E-state index in [-0.39, 0.29) is 11.3 Å². The predicted octanol–water partition coefficient (Wildman–Crippen LogP) is 7.86. The van der Waals surface area contributed by atoms with Gasteiger partial charge in [-0.25, -0.2) is 4.98 Å². The molecule has 1 saturated carbocycles. The van der Waals surface area contributed by atoms with Crippen LogP contribution < -0.4 is 10.3 Å². The Morgan fingerprint density at radius 1 is 0.977 bits per heavy atom. The highest BCUT2D eigenvalue weighted by molar-refractivity contribution is 9.11. The Hall–Kier alpha value is -3.74. The number of rotatable bonds is 7. The number of hydrazine groups is 1. The van der Waals surface area contributed by atoms with Crippen LogP contribution in [0, 0.1) is 11.3 Å². The van der Waals surface area contributed by atoms with Crippen molar-refractivity contribution in [3.63, 3.8) is 0 Å². The minimum atomic E-state index is -0.723. The van der Waals surface area contributed by atoms with Crippen LogP contribution in [0.1, 0.15) is 56.2 Å². The molecule has 44 heavy (non-hydrogen) atoms. The molecule has 0 spiro atoms. The van der Waals surface area contributed by atoms with Gasteiger partial charge in [0.15, 0.2) is 6.04 Å². The van der Waals surface area contributed by atoms with E-state index in [9.17, 15) is 10.1 Å². The zero-order valence-corrected chi connectivity index (χ0v) is 27.6. The lowest BCUT2D eigenvalue weighted by atomic mass is 9.78. The number of aromatic nitrogens is 2. The third kappa shape index (κ3) is 6.52. The average molecular weight is 715 g/mol. The molecular weight excluding hydrogens is 680 g/mol. The van der Waals surface area contributed by atoms with E-state index < -0.39 is 6.04 Å². The van der Waals surface area contributed by atoms with Crippen LogP contribution in [0.5, 0.6) is 0 Å². The van der Waals surface area contributed by atoms with Crippen molar-refractivity contribution < 1.29 is 4.79 Å². The van der Waals surface area contributed by atoms with Gasteiger partial charge in [0, 0.05) is 63.3 Å². The van der Waals surface area contributed by atoms with E-state index in [0.717, 1.165) is 64.7 Å². The summed E-state index contributed by atoms with van der Waals surface area (Å²) in [5.74, 6) is 0.784. The first-order valence-electron chi connectivity index (χ1n) is 15.2. The van der Waals surface area contributed by atoms with E-state index in [2.05, 4.69) is 95.7 Å². The number of piperidine rings is 1. The number of halogens is 2. The van der Waals surface area contributed by atoms with E-state index in [1.165, 1.54) is 24.8 Å². The Kier molecular flexibility index (Phi) is 9.29. The third-order valence-corrected chi connectivity index (χ3v) is 9.85. The first kappa shape index (κ1) is 30.3. The largest absolute Gasteiger partial charge is 0.357 e. The van der Waals surface area contributed by atoms with Gasteiger partial charge in [0.05, 0.1) is 11.8 Å². The number of allylic oxidation sites excluding steroid dienone is 3. The molecular formula is C35H34Br2N6O. The molecule has 2 fully saturated rings. The molecule has 0 radical (unpaired) electrons. The average Bonchev–Trinajstić information content (AvgIpc) is 3.55. The number of carbonyl (C=O) groups is 1. The molecule has 7 nitrogen and oxygen atoms in total. The molecule has 6 rings (SSSR count). The van der Waals surface area contributed by atoms with Gasteiger partial charge in [0.1, 0.15) is 5.82 Å². The Bertz CT molecular complexity index is 1630. The molecule has 1 aromatic carbocycles. The normalized spacial score (nSPS) is 19.6. The second-order valence-electron chi connectivity index (χ2n) is 11.6. The maximum absolute atomic E-state index is 13.2. The fourth-order valence-corrected chi connectivity index (χ4v) is 7.67. The zero-order chi connectivity index (χ0) is 30.5. The number of anilines is 1. The number of carbonyl (C=O) groups excluding carboxylic acids is 1. The Morgan fingerprint density at radius 2 is 1.73 bits per heavy atom. The van der Waals surface area contributed by atoms with Crippen LogP contribution in [0.4, 0.5) is 5.82 Å². The van der Waals surface area contributed by atoms with Gasteiger partial charge in [-0.2, -0.15) is 5.26 Å². The van der Waals surface area contributed by atoms with Crippen LogP contribution in [0.15, 0.2) is 94.3 Å². The monoisotopic (exact) mass is 712 g/mol. The van der Waals surface area contributed by atoms with Crippen LogP contribution >= 0.6 is 31.9 Å². The SMILES string of the molecule is N#CC1C(c2ncc(Br)cc2Br)=CC=CN1NC(=O)/C=C/C1(c2ccc(-c3ccc(N4CCCCC4)nc3)cc2)CCCC1. The van der Waals surface area contributed by atoms with Crippen molar-refractivity contribution in [2.24, 2.45) is 0 Å². The first-order chi connectivity index (χ1) is 21.5. The third-order valence-electron chi connectivity index (χ3n) is 8.81. The van der Waals surface area contributed by atoms with E-state index in [4.69, 9.17) is 4.98 Å². The lowest BCUT2D eigenvalue weighted by Gasteiger charge is -2.30. The maximum Gasteiger partial charge on any atom is 0.262 e. The molecule has 1 atom stereocenters. The van der Waals surface area contributed by atoms with Gasteiger partial charge >= 0.3 is 0 Å². The van der Waals surface area contributed by atoms with Crippen LogP contribution in [0.2, 0.25) is 0 Å². The van der Waals surface area contributed by atoms with Gasteiger partial charge in [0.2, 0.25) is 0 Å². The second-order valence-corrected chi connectivity index (χ2v) is 13.4. The molecule has 3 aliphatic rings. The molecule has 1 unspecified atom stereocenters. The van der Waals surface area contributed by atoms with Crippen molar-refractivity contribution in [1.29, 1.82) is 5.26 Å². The summed E-state index contributed by atoms with van der Waals surface area (Å²) in [5.41, 5.74) is 7.50. The molecule has 4 heterocycles. The summed E-state index contributed by atoms with van der Waals surface area (Å²) in [5, 5.41) is 11.6. The van der Waals surface area contributed by atoms with E-state index >= 15 is 0 Å². The highest BCUT2D eigenvalue weighted by atomic mass is 79.9. The van der Waals surface area contributed by atoms with Crippen molar-refractivity contribution >= 4 is 49.2 Å². The highest BCUT2D eigenvalue weighted by Gasteiger charge is 2.33. The molecule has 9 heteroatoms. The zero-order valence-electron chi connectivity index (χ0n) is 24.4. The molecule has 1 amide bonds. The lowest BCUT2D eigenvalue weighted by Crippen LogP contribution is -2.45. The Morgan fingerprint density at radius 3 is 2.41 bits per heavy atom. The summed E-state index contributed by atoms with van der Waals surface area (Å²) in [6, 6.07) is 16.5. The smallest absolute Gasteiger partial charge is 0.262 e. The van der Waals surface area contributed by atoms with Crippen molar-refractivity contribution in [2.45, 2.75) is 56.4 Å². The molecule has 2 aromatic heterocycles. The standard InChI is InChI=1S/C35H34Br2N6O/c36-28-21-30(37)34(40-24-28)29-7-6-20-43(31(29)22-38)41-33(44)14-17-35(15-2-3-16-35)27-11-8-25(9-12-27)26-10-13-32(39-23-26)42-18-4-1-5-19-42/h6-14,17,20-21,23-24,31H,1-5,15-16,18-19H2,(H,41,44)/b17-14+. The number of hydrogen-bond donors (Lipinski definition) is 1. The fraction of sp³-hybridized carbons (Fsp3) is 0.314. The summed E-state index contributed by atoms with van der Waals surface area (Å²) in [6.07, 6.45) is 20.7. The van der Waals surface area contributed by atoms with Gasteiger partial charge in [-0.15, -0.1) is 0 Å².